The van der Waals surface area contributed by atoms with E-state index in [-0.39, 0.29) is 0 Å². The average Bonchev–Trinajstić information content (AvgIpc) is 2.88. The molecule has 0 aliphatic carbocycles. The molecule has 0 amide bonds. The number of hydrogen-bond donors (Lipinski definition) is 1. The lowest BCUT2D eigenvalue weighted by Crippen LogP contribution is -2.00. The minimum atomic E-state index is 0.567. The molecular formula is C17H18N4O. The third-order valence-electron chi connectivity index (χ3n) is 3.49. The van der Waals surface area contributed by atoms with Gasteiger partial charge in [-0.25, -0.2) is 0 Å². The SMILES string of the molecule is COc1ccc(Cn2cc(Cc3cccnc3)c(N)n2)cc1. The van der Waals surface area contributed by atoms with Crippen molar-refractivity contribution in [2.24, 2.45) is 0 Å². The van der Waals surface area contributed by atoms with E-state index in [1.165, 1.54) is 0 Å². The lowest BCUT2D eigenvalue weighted by molar-refractivity contribution is 0.414. The number of pyridine rings is 1. The molecule has 0 unspecified atom stereocenters. The summed E-state index contributed by atoms with van der Waals surface area (Å²) in [6, 6.07) is 11.9. The smallest absolute Gasteiger partial charge is 0.148 e. The minimum absolute atomic E-state index is 0.567. The Morgan fingerprint density at radius 3 is 2.64 bits per heavy atom. The van der Waals surface area contributed by atoms with Crippen LogP contribution >= 0.6 is 0 Å². The first kappa shape index (κ1) is 14.1. The number of hydrogen-bond acceptors (Lipinski definition) is 4. The third kappa shape index (κ3) is 3.25. The number of ether oxygens (including phenoxy) is 1. The Kier molecular flexibility index (Phi) is 4.05. The van der Waals surface area contributed by atoms with Crippen LogP contribution in [0.3, 0.4) is 0 Å². The number of anilines is 1. The Hall–Kier alpha value is -2.82. The lowest BCUT2D eigenvalue weighted by atomic mass is 10.1. The van der Waals surface area contributed by atoms with Gasteiger partial charge in [-0.15, -0.1) is 0 Å². The van der Waals surface area contributed by atoms with E-state index in [4.69, 9.17) is 10.5 Å². The summed E-state index contributed by atoms with van der Waals surface area (Å²) in [6.07, 6.45) is 6.34. The Balaban J connectivity index is 1.74. The van der Waals surface area contributed by atoms with E-state index in [9.17, 15) is 0 Å². The molecule has 1 aromatic carbocycles. The number of nitrogen functional groups attached to an aromatic ring is 1. The zero-order valence-electron chi connectivity index (χ0n) is 12.4. The van der Waals surface area contributed by atoms with Crippen molar-refractivity contribution in [1.29, 1.82) is 0 Å². The second-order valence-corrected chi connectivity index (χ2v) is 5.12. The first-order valence-corrected chi connectivity index (χ1v) is 7.08. The Bertz CT molecular complexity index is 735. The summed E-state index contributed by atoms with van der Waals surface area (Å²) in [6.45, 7) is 0.682. The van der Waals surface area contributed by atoms with Crippen molar-refractivity contribution in [1.82, 2.24) is 14.8 Å². The fourth-order valence-electron chi connectivity index (χ4n) is 2.34. The van der Waals surface area contributed by atoms with Crippen LogP contribution in [0, 0.1) is 0 Å². The average molecular weight is 294 g/mol. The van der Waals surface area contributed by atoms with Gasteiger partial charge in [0.15, 0.2) is 0 Å². The fraction of sp³-hybridized carbons (Fsp3) is 0.176. The third-order valence-corrected chi connectivity index (χ3v) is 3.49. The van der Waals surface area contributed by atoms with Crippen molar-refractivity contribution in [2.45, 2.75) is 13.0 Å². The van der Waals surface area contributed by atoms with E-state index in [1.54, 1.807) is 13.3 Å². The molecule has 0 aliphatic rings. The first-order chi connectivity index (χ1) is 10.7. The topological polar surface area (TPSA) is 66.0 Å². The van der Waals surface area contributed by atoms with E-state index >= 15 is 0 Å². The van der Waals surface area contributed by atoms with E-state index < -0.39 is 0 Å². The second kappa shape index (κ2) is 6.30. The molecule has 0 aliphatic heterocycles. The summed E-state index contributed by atoms with van der Waals surface area (Å²) in [5.41, 5.74) is 9.30. The molecule has 0 bridgehead atoms. The molecule has 0 spiro atoms. The highest BCUT2D eigenvalue weighted by Crippen LogP contribution is 2.16. The van der Waals surface area contributed by atoms with Gasteiger partial charge in [0.2, 0.25) is 0 Å². The molecule has 112 valence electrons. The van der Waals surface area contributed by atoms with Crippen LogP contribution in [-0.4, -0.2) is 21.9 Å². The van der Waals surface area contributed by atoms with Gasteiger partial charge >= 0.3 is 0 Å². The van der Waals surface area contributed by atoms with Crippen molar-refractivity contribution < 1.29 is 4.74 Å². The summed E-state index contributed by atoms with van der Waals surface area (Å²) in [5, 5.41) is 4.39. The fourth-order valence-corrected chi connectivity index (χ4v) is 2.34. The van der Waals surface area contributed by atoms with Crippen molar-refractivity contribution in [3.63, 3.8) is 0 Å². The maximum Gasteiger partial charge on any atom is 0.148 e. The minimum Gasteiger partial charge on any atom is -0.497 e. The van der Waals surface area contributed by atoms with Crippen LogP contribution in [0.1, 0.15) is 16.7 Å². The Labute approximate surface area is 129 Å². The molecule has 2 aromatic heterocycles. The normalized spacial score (nSPS) is 10.6. The molecule has 0 saturated heterocycles. The van der Waals surface area contributed by atoms with Gasteiger partial charge in [0.05, 0.1) is 13.7 Å². The summed E-state index contributed by atoms with van der Waals surface area (Å²) in [7, 11) is 1.66. The maximum atomic E-state index is 6.02. The van der Waals surface area contributed by atoms with E-state index in [0.717, 1.165) is 28.9 Å². The molecule has 0 radical (unpaired) electrons. The van der Waals surface area contributed by atoms with Gasteiger partial charge in [-0.1, -0.05) is 18.2 Å². The Morgan fingerprint density at radius 2 is 1.95 bits per heavy atom. The summed E-state index contributed by atoms with van der Waals surface area (Å²) in [4.78, 5) is 4.12. The molecule has 22 heavy (non-hydrogen) atoms. The second-order valence-electron chi connectivity index (χ2n) is 5.12. The van der Waals surface area contributed by atoms with Crippen molar-refractivity contribution in [3.05, 3.63) is 71.7 Å². The van der Waals surface area contributed by atoms with Crippen LogP contribution in [0.25, 0.3) is 0 Å². The Morgan fingerprint density at radius 1 is 1.14 bits per heavy atom. The highest BCUT2D eigenvalue weighted by molar-refractivity contribution is 5.40. The van der Waals surface area contributed by atoms with Crippen LogP contribution in [-0.2, 0) is 13.0 Å². The maximum absolute atomic E-state index is 6.02. The number of benzene rings is 1. The highest BCUT2D eigenvalue weighted by Gasteiger charge is 2.07. The molecule has 3 rings (SSSR count). The predicted octanol–water partition coefficient (Wildman–Crippen LogP) is 2.51. The molecule has 0 saturated carbocycles. The molecule has 3 aromatic rings. The number of rotatable bonds is 5. The van der Waals surface area contributed by atoms with Crippen LogP contribution in [0.15, 0.2) is 55.0 Å². The lowest BCUT2D eigenvalue weighted by Gasteiger charge is -2.03. The van der Waals surface area contributed by atoms with Gasteiger partial charge in [-0.2, -0.15) is 5.10 Å². The largest absolute Gasteiger partial charge is 0.497 e. The van der Waals surface area contributed by atoms with Crippen LogP contribution in [0.5, 0.6) is 5.75 Å². The number of methoxy groups -OCH3 is 1. The summed E-state index contributed by atoms with van der Waals surface area (Å²) in [5.74, 6) is 1.42. The summed E-state index contributed by atoms with van der Waals surface area (Å²) >= 11 is 0. The van der Waals surface area contributed by atoms with Gasteiger partial charge in [-0.05, 0) is 29.3 Å². The molecule has 5 nitrogen and oxygen atoms in total. The van der Waals surface area contributed by atoms with Gasteiger partial charge in [0.1, 0.15) is 11.6 Å². The first-order valence-electron chi connectivity index (χ1n) is 7.08. The zero-order valence-corrected chi connectivity index (χ0v) is 12.4. The van der Waals surface area contributed by atoms with Crippen molar-refractivity contribution >= 4 is 5.82 Å². The van der Waals surface area contributed by atoms with Gasteiger partial charge < -0.3 is 10.5 Å². The molecule has 0 atom stereocenters. The van der Waals surface area contributed by atoms with Gasteiger partial charge in [0.25, 0.3) is 0 Å². The number of aromatic nitrogens is 3. The van der Waals surface area contributed by atoms with Crippen LogP contribution in [0.2, 0.25) is 0 Å². The van der Waals surface area contributed by atoms with Gasteiger partial charge in [0, 0.05) is 30.6 Å². The van der Waals surface area contributed by atoms with Crippen molar-refractivity contribution in [3.8, 4) is 5.75 Å². The standard InChI is InChI=1S/C17H18N4O/c1-22-16-6-4-13(5-7-16)11-21-12-15(17(18)20-21)9-14-3-2-8-19-10-14/h2-8,10,12H,9,11H2,1H3,(H2,18,20). The summed E-state index contributed by atoms with van der Waals surface area (Å²) < 4.78 is 7.02. The molecule has 0 fully saturated rings. The van der Waals surface area contributed by atoms with Crippen LogP contribution in [0.4, 0.5) is 5.82 Å². The number of nitrogens with two attached hydrogens (primary N) is 1. The highest BCUT2D eigenvalue weighted by atomic mass is 16.5. The van der Waals surface area contributed by atoms with Crippen LogP contribution < -0.4 is 10.5 Å². The quantitative estimate of drug-likeness (QED) is 0.785. The molecule has 2 N–H and O–H groups in total. The van der Waals surface area contributed by atoms with E-state index in [1.807, 2.05) is 53.5 Å². The zero-order chi connectivity index (χ0) is 15.4. The molecule has 2 heterocycles. The van der Waals surface area contributed by atoms with Gasteiger partial charge in [-0.3, -0.25) is 9.67 Å². The van der Waals surface area contributed by atoms with Crippen molar-refractivity contribution in [2.75, 3.05) is 12.8 Å². The van der Waals surface area contributed by atoms with E-state index in [0.29, 0.717) is 12.4 Å². The molecular weight excluding hydrogens is 276 g/mol. The monoisotopic (exact) mass is 294 g/mol. The van der Waals surface area contributed by atoms with E-state index in [2.05, 4.69) is 10.1 Å². The predicted molar refractivity (Wildman–Crippen MR) is 85.8 cm³/mol. The molecule has 5 heteroatoms. The number of nitrogens with zero attached hydrogens (tertiary/aromatic N) is 3.